The Morgan fingerprint density at radius 1 is 1.20 bits per heavy atom. The van der Waals surface area contributed by atoms with E-state index in [1.165, 1.54) is 0 Å². The molecule has 1 aromatic carbocycles. The van der Waals surface area contributed by atoms with Crippen molar-refractivity contribution >= 4 is 23.2 Å². The van der Waals surface area contributed by atoms with Crippen LogP contribution in [-0.4, -0.2) is 22.0 Å². The fourth-order valence-electron chi connectivity index (χ4n) is 2.27. The van der Waals surface area contributed by atoms with Crippen LogP contribution >= 0.6 is 12.2 Å². The van der Waals surface area contributed by atoms with Crippen LogP contribution in [-0.2, 0) is 17.8 Å². The van der Waals surface area contributed by atoms with Crippen molar-refractivity contribution in [3.8, 4) is 0 Å². The normalized spacial score (nSPS) is 18.4. The molecule has 0 bridgehead atoms. The fraction of sp³-hybridized carbons (Fsp3) is 0.200. The zero-order valence-corrected chi connectivity index (χ0v) is 11.6. The summed E-state index contributed by atoms with van der Waals surface area (Å²) in [5.74, 6) is 0.720. The van der Waals surface area contributed by atoms with E-state index in [1.54, 1.807) is 17.2 Å². The van der Waals surface area contributed by atoms with E-state index in [0.29, 0.717) is 18.1 Å². The molecule has 2 heterocycles. The van der Waals surface area contributed by atoms with E-state index in [9.17, 15) is 4.79 Å². The average molecular weight is 286 g/mol. The number of nitrogens with one attached hydrogen (secondary N) is 1. The van der Waals surface area contributed by atoms with Crippen molar-refractivity contribution in [2.45, 2.75) is 19.0 Å². The second kappa shape index (κ2) is 5.46. The highest BCUT2D eigenvalue weighted by Crippen LogP contribution is 2.15. The highest BCUT2D eigenvalue weighted by atomic mass is 32.1. The number of nitrogens with zero attached hydrogens (tertiary/aromatic N) is 1. The molecule has 1 saturated heterocycles. The van der Waals surface area contributed by atoms with E-state index in [2.05, 4.69) is 5.32 Å². The highest BCUT2D eigenvalue weighted by molar-refractivity contribution is 7.80. The van der Waals surface area contributed by atoms with Gasteiger partial charge in [-0.3, -0.25) is 9.69 Å². The molecule has 1 aliphatic heterocycles. The molecule has 102 valence electrons. The van der Waals surface area contributed by atoms with Gasteiger partial charge in [-0.1, -0.05) is 30.3 Å². The topological polar surface area (TPSA) is 45.5 Å². The van der Waals surface area contributed by atoms with Gasteiger partial charge in [-0.05, 0) is 29.9 Å². The molecule has 1 aliphatic rings. The third-order valence-corrected chi connectivity index (χ3v) is 3.62. The zero-order valence-electron chi connectivity index (χ0n) is 10.8. The molecular weight excluding hydrogens is 272 g/mol. The molecule has 2 aromatic rings. The monoisotopic (exact) mass is 286 g/mol. The first-order valence-corrected chi connectivity index (χ1v) is 6.83. The van der Waals surface area contributed by atoms with Crippen LogP contribution in [0.15, 0.2) is 53.1 Å². The van der Waals surface area contributed by atoms with Crippen LogP contribution < -0.4 is 5.32 Å². The van der Waals surface area contributed by atoms with Crippen LogP contribution in [0.25, 0.3) is 0 Å². The molecule has 1 amide bonds. The highest BCUT2D eigenvalue weighted by Gasteiger charge is 2.35. The van der Waals surface area contributed by atoms with E-state index < -0.39 is 0 Å². The predicted molar refractivity (Wildman–Crippen MR) is 78.9 cm³/mol. The van der Waals surface area contributed by atoms with Crippen LogP contribution in [0.4, 0.5) is 0 Å². The Hall–Kier alpha value is -2.14. The lowest BCUT2D eigenvalue weighted by molar-refractivity contribution is -0.127. The first-order chi connectivity index (χ1) is 9.74. The van der Waals surface area contributed by atoms with Crippen LogP contribution in [0, 0.1) is 0 Å². The van der Waals surface area contributed by atoms with Crippen LogP contribution in [0.5, 0.6) is 0 Å². The summed E-state index contributed by atoms with van der Waals surface area (Å²) >= 11 is 5.24. The molecule has 1 atom stereocenters. The smallest absolute Gasteiger partial charge is 0.252 e. The van der Waals surface area contributed by atoms with Gasteiger partial charge in [-0.25, -0.2) is 0 Å². The standard InChI is InChI=1S/C15H14N2O2S/c18-14-13(9-11-5-2-1-3-6-11)16-15(20)17(14)10-12-7-4-8-19-12/h1-8,13H,9-10H2,(H,16,20)/t13-/m0/s1. The zero-order chi connectivity index (χ0) is 13.9. The molecule has 0 spiro atoms. The quantitative estimate of drug-likeness (QED) is 0.874. The molecule has 0 radical (unpaired) electrons. The first-order valence-electron chi connectivity index (χ1n) is 6.42. The van der Waals surface area contributed by atoms with E-state index >= 15 is 0 Å². The fourth-order valence-corrected chi connectivity index (χ4v) is 2.57. The van der Waals surface area contributed by atoms with Crippen LogP contribution in [0.2, 0.25) is 0 Å². The molecule has 1 N–H and O–H groups in total. The van der Waals surface area contributed by atoms with Crippen molar-refractivity contribution in [1.29, 1.82) is 0 Å². The number of hydrogen-bond donors (Lipinski definition) is 1. The summed E-state index contributed by atoms with van der Waals surface area (Å²) in [6, 6.07) is 13.2. The summed E-state index contributed by atoms with van der Waals surface area (Å²) < 4.78 is 5.26. The lowest BCUT2D eigenvalue weighted by Gasteiger charge is -2.12. The number of carbonyl (C=O) groups excluding carboxylic acids is 1. The number of carbonyl (C=O) groups is 1. The Bertz CT molecular complexity index is 610. The van der Waals surface area contributed by atoms with Crippen molar-refractivity contribution in [2.75, 3.05) is 0 Å². The maximum atomic E-state index is 12.4. The third kappa shape index (κ3) is 2.58. The molecule has 20 heavy (non-hydrogen) atoms. The third-order valence-electron chi connectivity index (χ3n) is 3.28. The summed E-state index contributed by atoms with van der Waals surface area (Å²) in [4.78, 5) is 13.9. The Morgan fingerprint density at radius 3 is 2.70 bits per heavy atom. The van der Waals surface area contributed by atoms with E-state index in [1.807, 2.05) is 36.4 Å². The van der Waals surface area contributed by atoms with Crippen molar-refractivity contribution in [2.24, 2.45) is 0 Å². The molecule has 4 nitrogen and oxygen atoms in total. The SMILES string of the molecule is O=C1[C@H](Cc2ccccc2)NC(=S)N1Cc1ccco1. The minimum atomic E-state index is -0.292. The van der Waals surface area contributed by atoms with E-state index in [4.69, 9.17) is 16.6 Å². The van der Waals surface area contributed by atoms with Gasteiger partial charge in [0, 0.05) is 6.42 Å². The van der Waals surface area contributed by atoms with Crippen LogP contribution in [0.3, 0.4) is 0 Å². The van der Waals surface area contributed by atoms with Gasteiger partial charge in [-0.15, -0.1) is 0 Å². The lowest BCUT2D eigenvalue weighted by Crippen LogP contribution is -2.32. The molecule has 1 fully saturated rings. The number of amides is 1. The molecule has 0 unspecified atom stereocenters. The van der Waals surface area contributed by atoms with Crippen LogP contribution in [0.1, 0.15) is 11.3 Å². The minimum Gasteiger partial charge on any atom is -0.467 e. The van der Waals surface area contributed by atoms with Crippen molar-refractivity contribution < 1.29 is 9.21 Å². The Kier molecular flexibility index (Phi) is 3.52. The van der Waals surface area contributed by atoms with Gasteiger partial charge < -0.3 is 9.73 Å². The van der Waals surface area contributed by atoms with Crippen molar-refractivity contribution in [1.82, 2.24) is 10.2 Å². The van der Waals surface area contributed by atoms with E-state index in [-0.39, 0.29) is 11.9 Å². The maximum Gasteiger partial charge on any atom is 0.252 e. The first kappa shape index (κ1) is 12.9. The van der Waals surface area contributed by atoms with E-state index in [0.717, 1.165) is 11.3 Å². The number of furan rings is 1. The van der Waals surface area contributed by atoms with Gasteiger partial charge in [0.05, 0.1) is 12.8 Å². The molecule has 0 saturated carbocycles. The van der Waals surface area contributed by atoms with Crippen molar-refractivity contribution in [3.05, 3.63) is 60.1 Å². The Morgan fingerprint density at radius 2 is 2.00 bits per heavy atom. The minimum absolute atomic E-state index is 0.00440. The van der Waals surface area contributed by atoms with Crippen molar-refractivity contribution in [3.63, 3.8) is 0 Å². The lowest BCUT2D eigenvalue weighted by atomic mass is 10.1. The number of rotatable bonds is 4. The number of benzene rings is 1. The summed E-state index contributed by atoms with van der Waals surface area (Å²) in [5.41, 5.74) is 1.11. The van der Waals surface area contributed by atoms with Gasteiger partial charge in [0.1, 0.15) is 11.8 Å². The molecular formula is C15H14N2O2S. The second-order valence-corrected chi connectivity index (χ2v) is 5.08. The Labute approximate surface area is 122 Å². The number of hydrogen-bond acceptors (Lipinski definition) is 3. The summed E-state index contributed by atoms with van der Waals surface area (Å²) in [6.45, 7) is 0.378. The summed E-state index contributed by atoms with van der Waals surface area (Å²) in [5, 5.41) is 3.55. The predicted octanol–water partition coefficient (Wildman–Crippen LogP) is 2.11. The van der Waals surface area contributed by atoms with Gasteiger partial charge in [0.25, 0.3) is 5.91 Å². The Balaban J connectivity index is 1.70. The molecule has 0 aliphatic carbocycles. The summed E-state index contributed by atoms with van der Waals surface area (Å²) in [6.07, 6.45) is 2.22. The number of thiocarbonyl (C=S) groups is 1. The second-order valence-electron chi connectivity index (χ2n) is 4.70. The van der Waals surface area contributed by atoms with Gasteiger partial charge in [0.15, 0.2) is 5.11 Å². The van der Waals surface area contributed by atoms with Gasteiger partial charge in [0.2, 0.25) is 0 Å². The average Bonchev–Trinajstić information content (AvgIpc) is 3.05. The largest absolute Gasteiger partial charge is 0.467 e. The molecule has 5 heteroatoms. The van der Waals surface area contributed by atoms with Gasteiger partial charge in [-0.2, -0.15) is 0 Å². The van der Waals surface area contributed by atoms with Gasteiger partial charge >= 0.3 is 0 Å². The molecule has 1 aromatic heterocycles. The molecule has 3 rings (SSSR count). The summed E-state index contributed by atoms with van der Waals surface area (Å²) in [7, 11) is 0. The maximum absolute atomic E-state index is 12.4.